The summed E-state index contributed by atoms with van der Waals surface area (Å²) in [7, 11) is 0. The number of carbonyl (C=O) groups is 1. The maximum Gasteiger partial charge on any atom is 0.306 e. The van der Waals surface area contributed by atoms with Gasteiger partial charge in [0.25, 0.3) is 0 Å². The first-order chi connectivity index (χ1) is 8.37. The fraction of sp³-hybridized carbons (Fsp3) is 0.562. The van der Waals surface area contributed by atoms with Crippen LogP contribution in [0.2, 0.25) is 0 Å². The highest BCUT2D eigenvalue weighted by Crippen LogP contribution is 2.12. The Morgan fingerprint density at radius 1 is 1.22 bits per heavy atom. The van der Waals surface area contributed by atoms with Gasteiger partial charge in [-0.1, -0.05) is 29.8 Å². The van der Waals surface area contributed by atoms with Crippen molar-refractivity contribution in [3.05, 3.63) is 35.4 Å². The molecule has 0 fully saturated rings. The summed E-state index contributed by atoms with van der Waals surface area (Å²) in [6, 6.07) is 8.52. The van der Waals surface area contributed by atoms with Gasteiger partial charge in [-0.2, -0.15) is 0 Å². The van der Waals surface area contributed by atoms with E-state index in [1.54, 1.807) is 0 Å². The highest BCUT2D eigenvalue weighted by atomic mass is 16.6. The van der Waals surface area contributed by atoms with Gasteiger partial charge in [0.15, 0.2) is 0 Å². The van der Waals surface area contributed by atoms with Gasteiger partial charge < -0.3 is 4.74 Å². The largest absolute Gasteiger partial charge is 0.460 e. The lowest BCUT2D eigenvalue weighted by Crippen LogP contribution is -2.23. The number of benzene rings is 1. The van der Waals surface area contributed by atoms with Crippen LogP contribution >= 0.6 is 0 Å². The number of carbonyl (C=O) groups excluding carboxylic acids is 1. The van der Waals surface area contributed by atoms with E-state index >= 15 is 0 Å². The van der Waals surface area contributed by atoms with E-state index in [2.05, 4.69) is 31.2 Å². The van der Waals surface area contributed by atoms with E-state index in [4.69, 9.17) is 4.74 Å². The van der Waals surface area contributed by atoms with Gasteiger partial charge in [-0.15, -0.1) is 0 Å². The van der Waals surface area contributed by atoms with Gasteiger partial charge in [0, 0.05) is 6.42 Å². The molecule has 0 amide bonds. The molecule has 1 aromatic carbocycles. The maximum absolute atomic E-state index is 11.5. The van der Waals surface area contributed by atoms with Crippen LogP contribution in [0.5, 0.6) is 0 Å². The third-order valence-corrected chi connectivity index (χ3v) is 2.60. The Morgan fingerprint density at radius 3 is 2.56 bits per heavy atom. The zero-order chi connectivity index (χ0) is 13.6. The molecule has 0 aromatic heterocycles. The monoisotopic (exact) mass is 248 g/mol. The predicted molar refractivity (Wildman–Crippen MR) is 74.6 cm³/mol. The first-order valence-electron chi connectivity index (χ1n) is 6.64. The molecule has 1 aromatic rings. The average Bonchev–Trinajstić information content (AvgIpc) is 2.22. The summed E-state index contributed by atoms with van der Waals surface area (Å²) in [5.74, 6) is -0.0910. The van der Waals surface area contributed by atoms with Crippen LogP contribution in [0.4, 0.5) is 0 Å². The van der Waals surface area contributed by atoms with Crippen molar-refractivity contribution >= 4 is 5.97 Å². The van der Waals surface area contributed by atoms with Gasteiger partial charge in [-0.3, -0.25) is 4.79 Å². The van der Waals surface area contributed by atoms with E-state index in [0.717, 1.165) is 19.3 Å². The van der Waals surface area contributed by atoms with Gasteiger partial charge >= 0.3 is 5.97 Å². The van der Waals surface area contributed by atoms with Crippen LogP contribution in [0.25, 0.3) is 0 Å². The molecule has 100 valence electrons. The van der Waals surface area contributed by atoms with Gasteiger partial charge in [-0.05, 0) is 52.5 Å². The second-order valence-electron chi connectivity index (χ2n) is 5.78. The zero-order valence-electron chi connectivity index (χ0n) is 12.0. The highest BCUT2D eigenvalue weighted by Gasteiger charge is 2.15. The lowest BCUT2D eigenvalue weighted by Gasteiger charge is -2.19. The topological polar surface area (TPSA) is 26.3 Å². The molecule has 2 nitrogen and oxygen atoms in total. The van der Waals surface area contributed by atoms with E-state index in [0.29, 0.717) is 6.42 Å². The van der Waals surface area contributed by atoms with Gasteiger partial charge in [0.1, 0.15) is 5.60 Å². The third-order valence-electron chi connectivity index (χ3n) is 2.60. The van der Waals surface area contributed by atoms with Crippen LogP contribution in [0.1, 0.15) is 51.2 Å². The summed E-state index contributed by atoms with van der Waals surface area (Å²) in [4.78, 5) is 11.5. The highest BCUT2D eigenvalue weighted by molar-refractivity contribution is 5.69. The van der Waals surface area contributed by atoms with Crippen LogP contribution < -0.4 is 0 Å². The van der Waals surface area contributed by atoms with E-state index < -0.39 is 0 Å². The molecule has 0 aliphatic rings. The Bertz CT molecular complexity index is 388. The van der Waals surface area contributed by atoms with Crippen molar-refractivity contribution in [3.63, 3.8) is 0 Å². The molecule has 0 saturated carbocycles. The van der Waals surface area contributed by atoms with E-state index in [-0.39, 0.29) is 11.6 Å². The van der Waals surface area contributed by atoms with E-state index in [1.807, 2.05) is 20.8 Å². The molecule has 0 heterocycles. The summed E-state index contributed by atoms with van der Waals surface area (Å²) < 4.78 is 5.27. The normalized spacial score (nSPS) is 11.3. The molecule has 0 N–H and O–H groups in total. The Kier molecular flexibility index (Phi) is 5.39. The molecule has 18 heavy (non-hydrogen) atoms. The van der Waals surface area contributed by atoms with Crippen LogP contribution in [0.15, 0.2) is 24.3 Å². The van der Waals surface area contributed by atoms with E-state index in [1.165, 1.54) is 11.1 Å². The second-order valence-corrected chi connectivity index (χ2v) is 5.78. The number of esters is 1. The van der Waals surface area contributed by atoms with Crippen molar-refractivity contribution in [2.24, 2.45) is 0 Å². The fourth-order valence-electron chi connectivity index (χ4n) is 1.86. The standard InChI is InChI=1S/C16H24O2/c1-13-8-7-10-14(12-13)9-5-6-11-15(17)18-16(2,3)4/h7-8,10,12H,5-6,9,11H2,1-4H3. The Balaban J connectivity index is 2.21. The molecule has 0 radical (unpaired) electrons. The lowest BCUT2D eigenvalue weighted by atomic mass is 10.1. The Labute approximate surface area is 110 Å². The molecule has 0 atom stereocenters. The van der Waals surface area contributed by atoms with Crippen molar-refractivity contribution in [1.29, 1.82) is 0 Å². The number of unbranched alkanes of at least 4 members (excludes halogenated alkanes) is 1. The summed E-state index contributed by atoms with van der Waals surface area (Å²) >= 11 is 0. The number of rotatable bonds is 5. The number of hydrogen-bond donors (Lipinski definition) is 0. The number of hydrogen-bond acceptors (Lipinski definition) is 2. The molecule has 0 aliphatic carbocycles. The van der Waals surface area contributed by atoms with Crippen LogP contribution in [-0.2, 0) is 16.0 Å². The van der Waals surface area contributed by atoms with Crippen molar-refractivity contribution in [1.82, 2.24) is 0 Å². The van der Waals surface area contributed by atoms with Crippen LogP contribution in [0, 0.1) is 6.92 Å². The number of ether oxygens (including phenoxy) is 1. The predicted octanol–water partition coefficient (Wildman–Crippen LogP) is 4.05. The molecule has 0 spiro atoms. The molecule has 0 aliphatic heterocycles. The zero-order valence-corrected chi connectivity index (χ0v) is 12.0. The van der Waals surface area contributed by atoms with Gasteiger partial charge in [0.05, 0.1) is 0 Å². The van der Waals surface area contributed by atoms with Crippen molar-refractivity contribution in [2.45, 2.75) is 59.0 Å². The van der Waals surface area contributed by atoms with Crippen LogP contribution in [0.3, 0.4) is 0 Å². The molecule has 0 unspecified atom stereocenters. The average molecular weight is 248 g/mol. The Morgan fingerprint density at radius 2 is 1.94 bits per heavy atom. The second kappa shape index (κ2) is 6.58. The SMILES string of the molecule is Cc1cccc(CCCCC(=O)OC(C)(C)C)c1. The van der Waals surface area contributed by atoms with Crippen molar-refractivity contribution in [3.8, 4) is 0 Å². The molecular formula is C16H24O2. The van der Waals surface area contributed by atoms with Crippen molar-refractivity contribution < 1.29 is 9.53 Å². The summed E-state index contributed by atoms with van der Waals surface area (Å²) in [5.41, 5.74) is 2.27. The van der Waals surface area contributed by atoms with Crippen molar-refractivity contribution in [2.75, 3.05) is 0 Å². The summed E-state index contributed by atoms with van der Waals surface area (Å²) in [5, 5.41) is 0. The fourth-order valence-corrected chi connectivity index (χ4v) is 1.86. The molecule has 0 saturated heterocycles. The molecule has 0 bridgehead atoms. The third kappa shape index (κ3) is 6.43. The first-order valence-corrected chi connectivity index (χ1v) is 6.64. The minimum absolute atomic E-state index is 0.0910. The van der Waals surface area contributed by atoms with E-state index in [9.17, 15) is 4.79 Å². The molecule has 1 rings (SSSR count). The molecular weight excluding hydrogens is 224 g/mol. The maximum atomic E-state index is 11.5. The molecule has 2 heteroatoms. The summed E-state index contributed by atoms with van der Waals surface area (Å²) in [6.07, 6.45) is 3.47. The first kappa shape index (κ1) is 14.7. The van der Waals surface area contributed by atoms with Crippen LogP contribution in [-0.4, -0.2) is 11.6 Å². The van der Waals surface area contributed by atoms with Gasteiger partial charge in [-0.25, -0.2) is 0 Å². The van der Waals surface area contributed by atoms with Gasteiger partial charge in [0.2, 0.25) is 0 Å². The summed E-state index contributed by atoms with van der Waals surface area (Å²) in [6.45, 7) is 7.80. The Hall–Kier alpha value is -1.31. The number of aryl methyl sites for hydroxylation is 2. The smallest absolute Gasteiger partial charge is 0.306 e. The lowest BCUT2D eigenvalue weighted by molar-refractivity contribution is -0.154. The minimum Gasteiger partial charge on any atom is -0.460 e. The quantitative estimate of drug-likeness (QED) is 0.580. The minimum atomic E-state index is -0.367.